The Bertz CT molecular complexity index is 1430. The van der Waals surface area contributed by atoms with E-state index in [9.17, 15) is 9.18 Å². The maximum Gasteiger partial charge on any atom is 0.316 e. The molecule has 1 amide bonds. The summed E-state index contributed by atoms with van der Waals surface area (Å²) in [5.41, 5.74) is 2.17. The fourth-order valence-corrected chi connectivity index (χ4v) is 4.80. The molecule has 2 aromatic heterocycles. The fourth-order valence-electron chi connectivity index (χ4n) is 4.80. The van der Waals surface area contributed by atoms with Gasteiger partial charge in [0.05, 0.1) is 31.3 Å². The van der Waals surface area contributed by atoms with Crippen molar-refractivity contribution in [2.45, 2.75) is 32.5 Å². The van der Waals surface area contributed by atoms with Crippen LogP contribution in [0.2, 0.25) is 0 Å². The highest BCUT2D eigenvalue weighted by Gasteiger charge is 2.25. The summed E-state index contributed by atoms with van der Waals surface area (Å²) in [7, 11) is 1.47. The van der Waals surface area contributed by atoms with Crippen molar-refractivity contribution in [2.75, 3.05) is 37.0 Å². The summed E-state index contributed by atoms with van der Waals surface area (Å²) in [5.74, 6) is -0.999. The van der Waals surface area contributed by atoms with E-state index >= 15 is 0 Å². The van der Waals surface area contributed by atoms with Crippen LogP contribution in [0.3, 0.4) is 0 Å². The van der Waals surface area contributed by atoms with Crippen molar-refractivity contribution in [1.29, 1.82) is 0 Å². The molecular weight excluding hydrogens is 465 g/mol. The number of anilines is 2. The second-order valence-electron chi connectivity index (χ2n) is 9.09. The van der Waals surface area contributed by atoms with Crippen LogP contribution >= 0.6 is 0 Å². The van der Waals surface area contributed by atoms with Gasteiger partial charge in [-0.25, -0.2) is 9.37 Å². The predicted molar refractivity (Wildman–Crippen MR) is 135 cm³/mol. The molecule has 0 unspecified atom stereocenters. The topological polar surface area (TPSA) is 117 Å². The first-order valence-electron chi connectivity index (χ1n) is 11.8. The summed E-state index contributed by atoms with van der Waals surface area (Å²) in [6.45, 7) is 6.02. The Kier molecular flexibility index (Phi) is 6.42. The van der Waals surface area contributed by atoms with E-state index in [4.69, 9.17) is 9.84 Å². The molecule has 0 radical (unpaired) electrons. The van der Waals surface area contributed by atoms with Crippen LogP contribution in [0, 0.1) is 5.82 Å². The number of carbonyl (C=O) groups excluding carboxylic acids is 1. The normalized spacial score (nSPS) is 18.1. The zero-order chi connectivity index (χ0) is 25.4. The molecule has 11 heteroatoms. The highest BCUT2D eigenvalue weighted by atomic mass is 19.1. The van der Waals surface area contributed by atoms with Gasteiger partial charge in [0, 0.05) is 59.7 Å². The first-order valence-corrected chi connectivity index (χ1v) is 11.8. The summed E-state index contributed by atoms with van der Waals surface area (Å²) in [5, 5.41) is 20.8. The maximum absolute atomic E-state index is 14.7. The number of carbonyl (C=O) groups is 1. The van der Waals surface area contributed by atoms with Gasteiger partial charge < -0.3 is 25.4 Å². The van der Waals surface area contributed by atoms with E-state index in [-0.39, 0.29) is 30.4 Å². The van der Waals surface area contributed by atoms with Crippen LogP contribution < -0.4 is 20.3 Å². The van der Waals surface area contributed by atoms with Crippen molar-refractivity contribution in [3.63, 3.8) is 0 Å². The number of aromatic nitrogens is 4. The minimum atomic E-state index is -0.564. The van der Waals surface area contributed by atoms with Crippen molar-refractivity contribution < 1.29 is 19.0 Å². The fraction of sp³-hybridized carbons (Fsp3) is 0.360. The molecule has 0 saturated carbocycles. The van der Waals surface area contributed by atoms with Gasteiger partial charge in [-0.1, -0.05) is 0 Å². The van der Waals surface area contributed by atoms with Crippen molar-refractivity contribution in [2.24, 2.45) is 0 Å². The zero-order valence-electron chi connectivity index (χ0n) is 20.3. The van der Waals surface area contributed by atoms with Gasteiger partial charge >= 0.3 is 6.01 Å². The lowest BCUT2D eigenvalue weighted by molar-refractivity contribution is 0.102. The van der Waals surface area contributed by atoms with Gasteiger partial charge in [0.1, 0.15) is 5.52 Å². The molecule has 0 aliphatic carbocycles. The lowest BCUT2D eigenvalue weighted by Crippen LogP contribution is -2.54. The van der Waals surface area contributed by atoms with E-state index in [1.807, 2.05) is 6.07 Å². The molecule has 3 N–H and O–H groups in total. The molecule has 0 bridgehead atoms. The standard InChI is InChI=1S/C25H28FN7O3/c1-14-11-32(12-15(2)28-14)21-5-4-18(23-19(21)10-27-25(30-23)36-3)24(35)29-17-8-16-13-33(6-7-34)31-22(16)20(26)9-17/h4-5,8-10,13-15,28,34H,6-7,11-12H2,1-3H3,(H,29,35)/t14-,15-/m0/s1. The van der Waals surface area contributed by atoms with E-state index in [0.717, 1.165) is 24.2 Å². The molecule has 36 heavy (non-hydrogen) atoms. The molecule has 1 aliphatic rings. The Morgan fingerprint density at radius 3 is 2.75 bits per heavy atom. The van der Waals surface area contributed by atoms with Crippen LogP contribution in [0.4, 0.5) is 15.8 Å². The monoisotopic (exact) mass is 493 g/mol. The van der Waals surface area contributed by atoms with E-state index < -0.39 is 11.7 Å². The number of amides is 1. The number of fused-ring (bicyclic) bond motifs is 2. The number of aliphatic hydroxyl groups excluding tert-OH is 1. The highest BCUT2D eigenvalue weighted by Crippen LogP contribution is 2.31. The quantitative estimate of drug-likeness (QED) is 0.375. The minimum Gasteiger partial charge on any atom is -0.467 e. The third-order valence-corrected chi connectivity index (χ3v) is 6.23. The molecule has 1 fully saturated rings. The predicted octanol–water partition coefficient (Wildman–Crippen LogP) is 2.56. The number of hydrogen-bond donors (Lipinski definition) is 3. The maximum atomic E-state index is 14.7. The third kappa shape index (κ3) is 4.54. The molecule has 1 saturated heterocycles. The van der Waals surface area contributed by atoms with Crippen LogP contribution in [-0.2, 0) is 6.54 Å². The molecule has 5 rings (SSSR count). The third-order valence-electron chi connectivity index (χ3n) is 6.23. The Balaban J connectivity index is 1.51. The Hall–Kier alpha value is -3.83. The van der Waals surface area contributed by atoms with Crippen LogP contribution in [0.15, 0.2) is 36.7 Å². The number of benzene rings is 2. The molecule has 10 nitrogen and oxygen atoms in total. The summed E-state index contributed by atoms with van der Waals surface area (Å²) in [4.78, 5) is 24.4. The molecule has 2 aromatic carbocycles. The number of nitrogens with one attached hydrogen (secondary N) is 2. The molecule has 2 atom stereocenters. The lowest BCUT2D eigenvalue weighted by Gasteiger charge is -2.38. The molecular formula is C25H28FN7O3. The first-order chi connectivity index (χ1) is 17.4. The van der Waals surface area contributed by atoms with E-state index in [1.54, 1.807) is 24.5 Å². The van der Waals surface area contributed by atoms with Crippen molar-refractivity contribution in [3.8, 4) is 6.01 Å². The van der Waals surface area contributed by atoms with Crippen LogP contribution in [0.1, 0.15) is 24.2 Å². The van der Waals surface area contributed by atoms with E-state index in [2.05, 4.69) is 44.4 Å². The van der Waals surface area contributed by atoms with Crippen molar-refractivity contribution >= 4 is 39.1 Å². The number of ether oxygens (including phenoxy) is 1. The Labute approximate surface area is 207 Å². The largest absolute Gasteiger partial charge is 0.467 e. The summed E-state index contributed by atoms with van der Waals surface area (Å²) >= 11 is 0. The Morgan fingerprint density at radius 2 is 2.03 bits per heavy atom. The lowest BCUT2D eigenvalue weighted by atomic mass is 10.0. The summed E-state index contributed by atoms with van der Waals surface area (Å²) in [6.07, 6.45) is 3.30. The van der Waals surface area contributed by atoms with Gasteiger partial charge in [-0.2, -0.15) is 10.1 Å². The number of methoxy groups -OCH3 is 1. The molecule has 1 aliphatic heterocycles. The van der Waals surface area contributed by atoms with Crippen LogP contribution in [-0.4, -0.2) is 69.7 Å². The second-order valence-corrected chi connectivity index (χ2v) is 9.09. The highest BCUT2D eigenvalue weighted by molar-refractivity contribution is 6.14. The molecule has 3 heterocycles. The first kappa shape index (κ1) is 23.9. The SMILES string of the molecule is COc1ncc2c(N3C[C@H](C)N[C@@H](C)C3)ccc(C(=O)Nc3cc(F)c4nn(CCO)cc4c3)c2n1. The van der Waals surface area contributed by atoms with Gasteiger partial charge in [-0.3, -0.25) is 9.48 Å². The van der Waals surface area contributed by atoms with E-state index in [1.165, 1.54) is 17.9 Å². The summed E-state index contributed by atoms with van der Waals surface area (Å²) in [6, 6.07) is 7.26. The zero-order valence-corrected chi connectivity index (χ0v) is 20.3. The number of aliphatic hydroxyl groups is 1. The van der Waals surface area contributed by atoms with Gasteiger partial charge in [0.25, 0.3) is 5.91 Å². The molecule has 0 spiro atoms. The number of halogens is 1. The minimum absolute atomic E-state index is 0.112. The number of rotatable bonds is 6. The van der Waals surface area contributed by atoms with Crippen molar-refractivity contribution in [3.05, 3.63) is 48.0 Å². The van der Waals surface area contributed by atoms with E-state index in [0.29, 0.717) is 28.6 Å². The summed E-state index contributed by atoms with van der Waals surface area (Å²) < 4.78 is 21.4. The van der Waals surface area contributed by atoms with Gasteiger partial charge in [-0.15, -0.1) is 0 Å². The van der Waals surface area contributed by atoms with Gasteiger partial charge in [0.15, 0.2) is 5.82 Å². The van der Waals surface area contributed by atoms with Crippen LogP contribution in [0.25, 0.3) is 21.8 Å². The second kappa shape index (κ2) is 9.67. The average Bonchev–Trinajstić information content (AvgIpc) is 3.25. The molecule has 188 valence electrons. The average molecular weight is 494 g/mol. The number of piperazine rings is 1. The molecule has 4 aromatic rings. The number of nitrogens with zero attached hydrogens (tertiary/aromatic N) is 5. The Morgan fingerprint density at radius 1 is 1.25 bits per heavy atom. The van der Waals surface area contributed by atoms with Crippen LogP contribution in [0.5, 0.6) is 6.01 Å². The van der Waals surface area contributed by atoms with Gasteiger partial charge in [0.2, 0.25) is 0 Å². The smallest absolute Gasteiger partial charge is 0.316 e. The number of hydrogen-bond acceptors (Lipinski definition) is 8. The van der Waals surface area contributed by atoms with Gasteiger partial charge in [-0.05, 0) is 38.1 Å². The van der Waals surface area contributed by atoms with Crippen molar-refractivity contribution in [1.82, 2.24) is 25.1 Å².